The Bertz CT molecular complexity index is 209. The van der Waals surface area contributed by atoms with Crippen LogP contribution in [0.5, 0.6) is 0 Å². The van der Waals surface area contributed by atoms with Gasteiger partial charge in [-0.1, -0.05) is 47.0 Å². The first-order valence-electron chi connectivity index (χ1n) is 7.32. The maximum Gasteiger partial charge on any atom is 0.0669 e. The topological polar surface area (TPSA) is 32.3 Å². The average Bonchev–Trinajstić information content (AvgIpc) is 2.24. The fourth-order valence-corrected chi connectivity index (χ4v) is 2.93. The molecule has 0 radical (unpaired) electrons. The van der Waals surface area contributed by atoms with Crippen LogP contribution in [0.15, 0.2) is 0 Å². The van der Waals surface area contributed by atoms with Gasteiger partial charge in [0.2, 0.25) is 0 Å². The number of nitrogens with one attached hydrogen (secondary N) is 1. The van der Waals surface area contributed by atoms with Gasteiger partial charge in [-0.2, -0.15) is 0 Å². The van der Waals surface area contributed by atoms with Gasteiger partial charge in [-0.05, 0) is 30.6 Å². The van der Waals surface area contributed by atoms with Crippen molar-refractivity contribution in [1.82, 2.24) is 5.32 Å². The van der Waals surface area contributed by atoms with Crippen molar-refractivity contribution in [2.45, 2.75) is 78.4 Å². The van der Waals surface area contributed by atoms with Crippen molar-refractivity contribution in [1.29, 1.82) is 0 Å². The Morgan fingerprint density at radius 3 is 2.59 bits per heavy atom. The predicted molar refractivity (Wildman–Crippen MR) is 74.1 cm³/mol. The Balaban J connectivity index is 2.21. The van der Waals surface area contributed by atoms with Crippen molar-refractivity contribution >= 4 is 0 Å². The van der Waals surface area contributed by atoms with E-state index >= 15 is 0 Å². The molecule has 1 aliphatic rings. The van der Waals surface area contributed by atoms with Crippen LogP contribution in [0.2, 0.25) is 0 Å². The molecule has 0 spiro atoms. The Morgan fingerprint density at radius 2 is 2.00 bits per heavy atom. The molecule has 0 bridgehead atoms. The Kier molecular flexibility index (Phi) is 5.94. The van der Waals surface area contributed by atoms with Crippen LogP contribution in [0, 0.1) is 11.3 Å². The molecule has 102 valence electrons. The van der Waals surface area contributed by atoms with Gasteiger partial charge in [0.15, 0.2) is 0 Å². The Morgan fingerprint density at radius 1 is 1.29 bits per heavy atom. The van der Waals surface area contributed by atoms with Crippen molar-refractivity contribution in [3.8, 4) is 0 Å². The van der Waals surface area contributed by atoms with E-state index in [9.17, 15) is 5.11 Å². The molecular formula is C15H31NO. The van der Waals surface area contributed by atoms with Crippen LogP contribution in [0.3, 0.4) is 0 Å². The van der Waals surface area contributed by atoms with Crippen LogP contribution in [-0.2, 0) is 0 Å². The minimum Gasteiger partial charge on any atom is -0.392 e. The second-order valence-corrected chi connectivity index (χ2v) is 6.96. The van der Waals surface area contributed by atoms with Crippen molar-refractivity contribution < 1.29 is 5.11 Å². The molecule has 1 saturated carbocycles. The highest BCUT2D eigenvalue weighted by atomic mass is 16.3. The molecule has 0 aromatic carbocycles. The SMILES string of the molecule is CCC1CCCC(NCC(O)CC(C)(C)C)C1. The molecule has 0 heterocycles. The van der Waals surface area contributed by atoms with E-state index in [-0.39, 0.29) is 11.5 Å². The highest BCUT2D eigenvalue weighted by Crippen LogP contribution is 2.26. The lowest BCUT2D eigenvalue weighted by molar-refractivity contribution is 0.112. The molecule has 0 aromatic heterocycles. The van der Waals surface area contributed by atoms with E-state index in [4.69, 9.17) is 0 Å². The third kappa shape index (κ3) is 6.42. The fraction of sp³-hybridized carbons (Fsp3) is 1.00. The lowest BCUT2D eigenvalue weighted by atomic mass is 9.84. The highest BCUT2D eigenvalue weighted by molar-refractivity contribution is 4.79. The first kappa shape index (κ1) is 15.0. The Hall–Kier alpha value is -0.0800. The van der Waals surface area contributed by atoms with Crippen LogP contribution >= 0.6 is 0 Å². The van der Waals surface area contributed by atoms with E-state index in [2.05, 4.69) is 33.0 Å². The number of hydrogen-bond acceptors (Lipinski definition) is 2. The molecule has 2 heteroatoms. The molecule has 2 N–H and O–H groups in total. The van der Waals surface area contributed by atoms with E-state index in [1.165, 1.54) is 32.1 Å². The van der Waals surface area contributed by atoms with Gasteiger partial charge in [0.1, 0.15) is 0 Å². The molecule has 0 aromatic rings. The third-order valence-corrected chi connectivity index (χ3v) is 3.85. The normalized spacial score (nSPS) is 28.1. The molecule has 1 rings (SSSR count). The largest absolute Gasteiger partial charge is 0.392 e. The van der Waals surface area contributed by atoms with Gasteiger partial charge in [0.25, 0.3) is 0 Å². The summed E-state index contributed by atoms with van der Waals surface area (Å²) in [5.74, 6) is 0.904. The molecule has 3 unspecified atom stereocenters. The summed E-state index contributed by atoms with van der Waals surface area (Å²) < 4.78 is 0. The first-order chi connectivity index (χ1) is 7.90. The summed E-state index contributed by atoms with van der Waals surface area (Å²) in [5, 5.41) is 13.5. The van der Waals surface area contributed by atoms with Gasteiger partial charge >= 0.3 is 0 Å². The van der Waals surface area contributed by atoms with Crippen LogP contribution in [0.4, 0.5) is 0 Å². The summed E-state index contributed by atoms with van der Waals surface area (Å²) >= 11 is 0. The molecule has 0 amide bonds. The second-order valence-electron chi connectivity index (χ2n) is 6.96. The van der Waals surface area contributed by atoms with E-state index in [1.807, 2.05) is 0 Å². The number of aliphatic hydroxyl groups excluding tert-OH is 1. The zero-order valence-electron chi connectivity index (χ0n) is 12.1. The van der Waals surface area contributed by atoms with E-state index in [1.54, 1.807) is 0 Å². The summed E-state index contributed by atoms with van der Waals surface area (Å²) in [6, 6.07) is 0.642. The van der Waals surface area contributed by atoms with E-state index in [0.29, 0.717) is 6.04 Å². The quantitative estimate of drug-likeness (QED) is 0.773. The average molecular weight is 241 g/mol. The molecule has 2 nitrogen and oxygen atoms in total. The number of hydrogen-bond donors (Lipinski definition) is 2. The molecule has 3 atom stereocenters. The predicted octanol–water partition coefficient (Wildman–Crippen LogP) is 3.34. The lowest BCUT2D eigenvalue weighted by Gasteiger charge is -2.31. The molecule has 17 heavy (non-hydrogen) atoms. The van der Waals surface area contributed by atoms with Crippen LogP contribution in [0.1, 0.15) is 66.2 Å². The molecule has 0 saturated heterocycles. The third-order valence-electron chi connectivity index (χ3n) is 3.85. The van der Waals surface area contributed by atoms with Crippen LogP contribution in [-0.4, -0.2) is 23.8 Å². The summed E-state index contributed by atoms with van der Waals surface area (Å²) in [6.45, 7) is 9.61. The van der Waals surface area contributed by atoms with Gasteiger partial charge in [-0.15, -0.1) is 0 Å². The van der Waals surface area contributed by atoms with Crippen molar-refractivity contribution in [3.05, 3.63) is 0 Å². The van der Waals surface area contributed by atoms with Gasteiger partial charge in [-0.25, -0.2) is 0 Å². The minimum absolute atomic E-state index is 0.197. The van der Waals surface area contributed by atoms with Gasteiger partial charge in [-0.3, -0.25) is 0 Å². The van der Waals surface area contributed by atoms with Gasteiger partial charge < -0.3 is 10.4 Å². The number of rotatable bonds is 5. The minimum atomic E-state index is -0.197. The molecule has 1 fully saturated rings. The summed E-state index contributed by atoms with van der Waals surface area (Å²) in [6.07, 6.45) is 7.34. The van der Waals surface area contributed by atoms with Crippen molar-refractivity contribution in [2.75, 3.05) is 6.54 Å². The zero-order chi connectivity index (χ0) is 12.9. The summed E-state index contributed by atoms with van der Waals surface area (Å²) in [4.78, 5) is 0. The molecule has 1 aliphatic carbocycles. The van der Waals surface area contributed by atoms with Gasteiger partial charge in [0.05, 0.1) is 6.10 Å². The van der Waals surface area contributed by atoms with E-state index < -0.39 is 0 Å². The first-order valence-corrected chi connectivity index (χ1v) is 7.32. The molecular weight excluding hydrogens is 210 g/mol. The lowest BCUT2D eigenvalue weighted by Crippen LogP contribution is -2.39. The van der Waals surface area contributed by atoms with Gasteiger partial charge in [0, 0.05) is 12.6 Å². The summed E-state index contributed by atoms with van der Waals surface area (Å²) in [5.41, 5.74) is 0.222. The standard InChI is InChI=1S/C15H31NO/c1-5-12-7-6-8-13(9-12)16-11-14(17)10-15(2,3)4/h12-14,16-17H,5-11H2,1-4H3. The number of aliphatic hydroxyl groups is 1. The maximum atomic E-state index is 9.98. The van der Waals surface area contributed by atoms with Crippen molar-refractivity contribution in [2.24, 2.45) is 11.3 Å². The molecule has 0 aliphatic heterocycles. The van der Waals surface area contributed by atoms with Crippen LogP contribution < -0.4 is 5.32 Å². The summed E-state index contributed by atoms with van der Waals surface area (Å²) in [7, 11) is 0. The highest BCUT2D eigenvalue weighted by Gasteiger charge is 2.22. The monoisotopic (exact) mass is 241 g/mol. The smallest absolute Gasteiger partial charge is 0.0669 e. The van der Waals surface area contributed by atoms with Crippen LogP contribution in [0.25, 0.3) is 0 Å². The van der Waals surface area contributed by atoms with Crippen molar-refractivity contribution in [3.63, 3.8) is 0 Å². The maximum absolute atomic E-state index is 9.98. The van der Waals surface area contributed by atoms with E-state index in [0.717, 1.165) is 18.9 Å². The fourth-order valence-electron chi connectivity index (χ4n) is 2.93. The zero-order valence-corrected chi connectivity index (χ0v) is 12.1. The Labute approximate surface area is 107 Å². The second kappa shape index (κ2) is 6.75.